The molecule has 0 amide bonds. The number of hydrogen-bond acceptors (Lipinski definition) is 8. The Morgan fingerprint density at radius 1 is 0.974 bits per heavy atom. The first kappa shape index (κ1) is 27.1. The molecule has 8 nitrogen and oxygen atoms in total. The monoisotopic (exact) mass is 569 g/mol. The highest BCUT2D eigenvalue weighted by molar-refractivity contribution is 6.33. The Morgan fingerprint density at radius 3 is 2.39 bits per heavy atom. The summed E-state index contributed by atoms with van der Waals surface area (Å²) in [7, 11) is 0. The highest BCUT2D eigenvalue weighted by atomic mass is 35.5. The Labute approximate surface area is 221 Å². The third-order valence-electron chi connectivity index (χ3n) is 4.64. The van der Waals surface area contributed by atoms with E-state index in [1.807, 2.05) is 0 Å². The summed E-state index contributed by atoms with van der Waals surface area (Å²) in [6, 6.07) is 12.1. The van der Waals surface area contributed by atoms with Crippen molar-refractivity contribution in [1.29, 1.82) is 0 Å². The summed E-state index contributed by atoms with van der Waals surface area (Å²) in [6.07, 6.45) is -7.17. The minimum Gasteiger partial charge on any atom is -0.428 e. The number of anilines is 2. The fourth-order valence-corrected chi connectivity index (χ4v) is 3.27. The van der Waals surface area contributed by atoms with Crippen LogP contribution < -0.4 is 10.1 Å². The van der Waals surface area contributed by atoms with Gasteiger partial charge in [-0.25, -0.2) is 9.37 Å². The zero-order valence-electron chi connectivity index (χ0n) is 18.8. The fraction of sp³-hybridized carbons (Fsp3) is 0.130. The molecule has 0 atom stereocenters. The van der Waals surface area contributed by atoms with Gasteiger partial charge in [0.1, 0.15) is 16.7 Å². The lowest BCUT2D eigenvalue weighted by molar-refractivity contribution is -0.253. The van der Waals surface area contributed by atoms with Crippen LogP contribution in [0.1, 0.15) is 5.56 Å². The van der Waals surface area contributed by atoms with Crippen molar-refractivity contribution in [1.82, 2.24) is 19.9 Å². The molecule has 2 heterocycles. The molecule has 0 radical (unpaired) electrons. The molecule has 0 aliphatic rings. The number of ether oxygens (including phenoxy) is 1. The molecule has 15 heteroatoms. The van der Waals surface area contributed by atoms with Crippen molar-refractivity contribution in [3.63, 3.8) is 0 Å². The van der Waals surface area contributed by atoms with Crippen LogP contribution in [0.5, 0.6) is 5.75 Å². The number of halogens is 7. The van der Waals surface area contributed by atoms with Gasteiger partial charge in [-0.3, -0.25) is 0 Å². The van der Waals surface area contributed by atoms with E-state index in [4.69, 9.17) is 23.2 Å². The molecule has 0 saturated heterocycles. The predicted octanol–water partition coefficient (Wildman–Crippen LogP) is 7.64. The number of aromatic nitrogens is 4. The van der Waals surface area contributed by atoms with Gasteiger partial charge in [-0.15, -0.1) is 5.11 Å². The van der Waals surface area contributed by atoms with Crippen molar-refractivity contribution < 1.29 is 26.7 Å². The van der Waals surface area contributed by atoms with E-state index in [0.717, 1.165) is 12.1 Å². The van der Waals surface area contributed by atoms with Gasteiger partial charge in [0.25, 0.3) is 5.95 Å². The Bertz CT molecular complexity index is 1420. The summed E-state index contributed by atoms with van der Waals surface area (Å²) in [6.45, 7) is -0.0587. The predicted molar refractivity (Wildman–Crippen MR) is 129 cm³/mol. The van der Waals surface area contributed by atoms with Gasteiger partial charge in [-0.1, -0.05) is 41.4 Å². The molecule has 4 aromatic rings. The van der Waals surface area contributed by atoms with Crippen molar-refractivity contribution in [2.24, 2.45) is 10.2 Å². The van der Waals surface area contributed by atoms with Crippen LogP contribution in [0.25, 0.3) is 11.4 Å². The van der Waals surface area contributed by atoms with Gasteiger partial charge in [-0.05, 0) is 42.0 Å². The maximum atomic E-state index is 14.5. The lowest BCUT2D eigenvalue weighted by Crippen LogP contribution is -2.33. The molecule has 0 aliphatic heterocycles. The Balaban J connectivity index is 1.57. The Morgan fingerprint density at radius 2 is 1.74 bits per heavy atom. The molecule has 1 N–H and O–H groups in total. The number of azo groups is 1. The molecular formula is C23H14Cl2F5N7O. The Hall–Kier alpha value is -3.97. The highest BCUT2D eigenvalue weighted by Crippen LogP contribution is 2.30. The van der Waals surface area contributed by atoms with Crippen LogP contribution in [0, 0.1) is 5.82 Å². The molecule has 0 unspecified atom stereocenters. The second-order valence-corrected chi connectivity index (χ2v) is 8.18. The van der Waals surface area contributed by atoms with Gasteiger partial charge in [0.15, 0.2) is 5.82 Å². The van der Waals surface area contributed by atoms with E-state index in [1.165, 1.54) is 42.6 Å². The number of nitrogens with one attached hydrogen (secondary N) is 1. The van der Waals surface area contributed by atoms with E-state index in [1.54, 1.807) is 6.07 Å². The minimum atomic E-state index is -4.62. The van der Waals surface area contributed by atoms with Crippen molar-refractivity contribution in [2.75, 3.05) is 5.32 Å². The first-order valence-corrected chi connectivity index (χ1v) is 11.3. The second kappa shape index (κ2) is 11.6. The van der Waals surface area contributed by atoms with E-state index in [9.17, 15) is 22.0 Å². The maximum Gasteiger partial charge on any atom is 0.461 e. The normalized spacial score (nSPS) is 11.8. The van der Waals surface area contributed by atoms with E-state index in [0.29, 0.717) is 11.3 Å². The van der Waals surface area contributed by atoms with Gasteiger partial charge in [0, 0.05) is 0 Å². The molecule has 38 heavy (non-hydrogen) atoms. The van der Waals surface area contributed by atoms with Crippen LogP contribution in [0.2, 0.25) is 10.2 Å². The number of pyridine rings is 1. The number of benzene rings is 2. The van der Waals surface area contributed by atoms with Gasteiger partial charge in [0.05, 0.1) is 29.0 Å². The van der Waals surface area contributed by atoms with Crippen molar-refractivity contribution in [2.45, 2.75) is 19.1 Å². The van der Waals surface area contributed by atoms with Crippen molar-refractivity contribution in [3.8, 4) is 17.1 Å². The number of hydrogen-bond donors (Lipinski definition) is 1. The van der Waals surface area contributed by atoms with E-state index >= 15 is 0 Å². The lowest BCUT2D eigenvalue weighted by atomic mass is 10.2. The molecule has 0 saturated carbocycles. The first-order valence-electron chi connectivity index (χ1n) is 10.5. The average Bonchev–Trinajstić information content (AvgIpc) is 2.86. The summed E-state index contributed by atoms with van der Waals surface area (Å²) < 4.78 is 69.2. The smallest absolute Gasteiger partial charge is 0.428 e. The molecule has 2 aromatic carbocycles. The van der Waals surface area contributed by atoms with Crippen LogP contribution in [0.15, 0.2) is 71.0 Å². The molecule has 4 rings (SSSR count). The van der Waals surface area contributed by atoms with E-state index in [-0.39, 0.29) is 40.0 Å². The van der Waals surface area contributed by atoms with Gasteiger partial charge >= 0.3 is 12.5 Å². The number of nitrogens with zero attached hydrogens (tertiary/aromatic N) is 6. The zero-order chi connectivity index (χ0) is 27.3. The molecule has 196 valence electrons. The summed E-state index contributed by atoms with van der Waals surface area (Å²) in [5, 5.41) is 11.1. The minimum absolute atomic E-state index is 0.0196. The third kappa shape index (κ3) is 6.86. The second-order valence-electron chi connectivity index (χ2n) is 7.38. The Kier molecular flexibility index (Phi) is 8.27. The van der Waals surface area contributed by atoms with Crippen LogP contribution >= 0.6 is 23.2 Å². The largest absolute Gasteiger partial charge is 0.461 e. The SMILES string of the molecule is Fc1cccc(Cl)c1-c1nc(N=NCc2ccc(OC(F)(F)C(F)F)cc2)nc(Nc2ccc(Cl)nc2)n1. The molecule has 2 aromatic heterocycles. The summed E-state index contributed by atoms with van der Waals surface area (Å²) >= 11 is 12.0. The van der Waals surface area contributed by atoms with E-state index in [2.05, 4.69) is 40.2 Å². The topological polar surface area (TPSA) is 97.5 Å². The average molecular weight is 570 g/mol. The fourth-order valence-electron chi connectivity index (χ4n) is 2.91. The van der Waals surface area contributed by atoms with Gasteiger partial charge in [0.2, 0.25) is 5.95 Å². The molecule has 0 spiro atoms. The van der Waals surface area contributed by atoms with Crippen LogP contribution in [0.3, 0.4) is 0 Å². The third-order valence-corrected chi connectivity index (χ3v) is 5.18. The van der Waals surface area contributed by atoms with Crippen molar-refractivity contribution >= 4 is 40.8 Å². The van der Waals surface area contributed by atoms with Crippen LogP contribution in [-0.4, -0.2) is 32.5 Å². The van der Waals surface area contributed by atoms with Crippen LogP contribution in [0.4, 0.5) is 39.5 Å². The standard InChI is InChI=1S/C23H14Cl2F5N7O/c24-15-2-1-3-16(26)18(15)19-34-21(33-13-6-9-17(25)31-11-13)36-22(35-19)37-32-10-12-4-7-14(8-5-12)38-23(29,30)20(27)28/h1-9,11,20H,10H2,(H,33,34,35,36). The number of alkyl halides is 4. The zero-order valence-corrected chi connectivity index (χ0v) is 20.3. The molecule has 0 fully saturated rings. The number of rotatable bonds is 9. The quantitative estimate of drug-likeness (QED) is 0.126. The lowest BCUT2D eigenvalue weighted by Gasteiger charge is -2.16. The maximum absolute atomic E-state index is 14.5. The van der Waals surface area contributed by atoms with Gasteiger partial charge in [-0.2, -0.15) is 37.6 Å². The molecule has 0 bridgehead atoms. The summed E-state index contributed by atoms with van der Waals surface area (Å²) in [5.74, 6) is -1.47. The summed E-state index contributed by atoms with van der Waals surface area (Å²) in [4.78, 5) is 16.4. The first-order chi connectivity index (χ1) is 18.1. The van der Waals surface area contributed by atoms with Crippen molar-refractivity contribution in [3.05, 3.63) is 82.4 Å². The van der Waals surface area contributed by atoms with Crippen LogP contribution in [-0.2, 0) is 6.54 Å². The molecular weight excluding hydrogens is 556 g/mol. The van der Waals surface area contributed by atoms with Gasteiger partial charge < -0.3 is 10.1 Å². The summed E-state index contributed by atoms with van der Waals surface area (Å²) in [5.41, 5.74) is 0.869. The molecule has 0 aliphatic carbocycles. The van der Waals surface area contributed by atoms with E-state index < -0.39 is 24.1 Å². The highest BCUT2D eigenvalue weighted by Gasteiger charge is 2.43.